The number of aromatic nitrogens is 3. The molecule has 5 rings (SSSR count). The minimum absolute atomic E-state index is 0.0165. The summed E-state index contributed by atoms with van der Waals surface area (Å²) in [4.78, 5) is 16.7. The highest BCUT2D eigenvalue weighted by atomic mass is 16.4. The van der Waals surface area contributed by atoms with Crippen LogP contribution >= 0.6 is 0 Å². The number of amides is 1. The van der Waals surface area contributed by atoms with Crippen molar-refractivity contribution >= 4 is 33.8 Å². The summed E-state index contributed by atoms with van der Waals surface area (Å²) in [6, 6.07) is 20.0. The highest BCUT2D eigenvalue weighted by Crippen LogP contribution is 2.25. The normalized spacial score (nSPS) is 11.0. The molecule has 0 aliphatic carbocycles. The van der Waals surface area contributed by atoms with Crippen LogP contribution in [0.1, 0.15) is 10.4 Å². The molecule has 0 saturated heterocycles. The van der Waals surface area contributed by atoms with Crippen LogP contribution in [0.25, 0.3) is 33.5 Å². The molecular weight excluding hydrogens is 370 g/mol. The number of carbonyl (C=O) groups is 1. The maximum Gasteiger partial charge on any atom is 0.322 e. The van der Waals surface area contributed by atoms with Crippen LogP contribution in [-0.4, -0.2) is 21.1 Å². The average molecular weight is 383 g/mol. The Kier molecular flexibility index (Phi) is 3.87. The first-order valence-electron chi connectivity index (χ1n) is 8.76. The van der Waals surface area contributed by atoms with Gasteiger partial charge in [-0.05, 0) is 23.6 Å². The maximum absolute atomic E-state index is 12.2. The van der Waals surface area contributed by atoms with Crippen molar-refractivity contribution in [3.63, 3.8) is 0 Å². The second-order valence-corrected chi connectivity index (χ2v) is 6.26. The fourth-order valence-corrected chi connectivity index (χ4v) is 3.02. The summed E-state index contributed by atoms with van der Waals surface area (Å²) in [5.41, 5.74) is 1.41. The number of fused-ring (bicyclic) bond motifs is 3. The van der Waals surface area contributed by atoms with Gasteiger partial charge in [0.1, 0.15) is 5.52 Å². The van der Waals surface area contributed by atoms with E-state index in [0.29, 0.717) is 16.7 Å². The molecule has 2 N–H and O–H groups in total. The molecule has 0 unspecified atom stereocenters. The molecule has 8 nitrogen and oxygen atoms in total. The lowest BCUT2D eigenvalue weighted by Crippen LogP contribution is -2.11. The Balaban J connectivity index is 1.51. The number of hydrogen-bond donors (Lipinski definition) is 2. The largest absolute Gasteiger partial charge is 0.434 e. The number of nitrogens with one attached hydrogen (secondary N) is 2. The van der Waals surface area contributed by atoms with Crippen LogP contribution in [0.2, 0.25) is 0 Å². The standard InChI is InChI=1S/C21H13N5O3/c22-18-16(23-15-11-10-12-6-4-5-9-14(12)17(15)28-18)20-25-26-21(29-20)24-19(27)13-7-2-1-3-8-13/h1-11,22H,(H,24,26,27). The van der Waals surface area contributed by atoms with E-state index in [1.54, 1.807) is 30.3 Å². The molecule has 0 spiro atoms. The van der Waals surface area contributed by atoms with Gasteiger partial charge in [-0.2, -0.15) is 0 Å². The molecule has 1 amide bonds. The van der Waals surface area contributed by atoms with Gasteiger partial charge in [-0.3, -0.25) is 15.5 Å². The van der Waals surface area contributed by atoms with Gasteiger partial charge < -0.3 is 8.83 Å². The van der Waals surface area contributed by atoms with E-state index >= 15 is 0 Å². The predicted molar refractivity (Wildman–Crippen MR) is 105 cm³/mol. The molecule has 2 aromatic heterocycles. The molecule has 8 heteroatoms. The Morgan fingerprint density at radius 2 is 1.69 bits per heavy atom. The third-order valence-corrected chi connectivity index (χ3v) is 4.39. The first kappa shape index (κ1) is 16.8. The molecular formula is C21H13N5O3. The highest BCUT2D eigenvalue weighted by Gasteiger charge is 2.17. The average Bonchev–Trinajstić information content (AvgIpc) is 3.22. The summed E-state index contributed by atoms with van der Waals surface area (Å²) in [6.45, 7) is 0. The van der Waals surface area contributed by atoms with Gasteiger partial charge in [0, 0.05) is 10.9 Å². The smallest absolute Gasteiger partial charge is 0.322 e. The van der Waals surface area contributed by atoms with E-state index in [4.69, 9.17) is 14.2 Å². The Morgan fingerprint density at radius 1 is 0.897 bits per heavy atom. The van der Waals surface area contributed by atoms with Crippen LogP contribution in [0, 0.1) is 5.41 Å². The van der Waals surface area contributed by atoms with Crippen molar-refractivity contribution in [2.75, 3.05) is 5.32 Å². The SMILES string of the molecule is N=c1oc2c(ccc3ccccc32)nc1-c1nnc(NC(=O)c2ccccc2)o1. The summed E-state index contributed by atoms with van der Waals surface area (Å²) in [5.74, 6) is -0.397. The zero-order chi connectivity index (χ0) is 19.8. The third kappa shape index (κ3) is 3.02. The second kappa shape index (κ2) is 6.68. The topological polar surface area (TPSA) is 118 Å². The first-order valence-corrected chi connectivity index (χ1v) is 8.76. The van der Waals surface area contributed by atoms with Crippen molar-refractivity contribution in [3.05, 3.63) is 77.8 Å². The van der Waals surface area contributed by atoms with Crippen LogP contribution in [0.4, 0.5) is 6.01 Å². The quantitative estimate of drug-likeness (QED) is 0.458. The first-order chi connectivity index (χ1) is 14.2. The van der Waals surface area contributed by atoms with Crippen molar-refractivity contribution in [2.45, 2.75) is 0 Å². The van der Waals surface area contributed by atoms with Crippen LogP contribution in [-0.2, 0) is 0 Å². The Labute approximate surface area is 163 Å². The number of nitrogens with zero attached hydrogens (tertiary/aromatic N) is 3. The van der Waals surface area contributed by atoms with Gasteiger partial charge in [0.15, 0.2) is 11.3 Å². The number of hydrogen-bond acceptors (Lipinski definition) is 7. The summed E-state index contributed by atoms with van der Waals surface area (Å²) in [5, 5.41) is 20.3. The zero-order valence-electron chi connectivity index (χ0n) is 14.9. The van der Waals surface area contributed by atoms with E-state index in [9.17, 15) is 4.79 Å². The minimum Gasteiger partial charge on any atom is -0.434 e. The summed E-state index contributed by atoms with van der Waals surface area (Å²) in [6.07, 6.45) is 0. The van der Waals surface area contributed by atoms with Crippen LogP contribution < -0.4 is 10.9 Å². The molecule has 2 heterocycles. The van der Waals surface area contributed by atoms with E-state index in [-0.39, 0.29) is 29.1 Å². The summed E-state index contributed by atoms with van der Waals surface area (Å²) in [7, 11) is 0. The molecule has 0 saturated carbocycles. The van der Waals surface area contributed by atoms with Gasteiger partial charge in [0.2, 0.25) is 5.55 Å². The van der Waals surface area contributed by atoms with Gasteiger partial charge in [-0.25, -0.2) is 4.98 Å². The van der Waals surface area contributed by atoms with Crippen molar-refractivity contribution in [1.29, 1.82) is 5.41 Å². The Morgan fingerprint density at radius 3 is 2.55 bits per heavy atom. The van der Waals surface area contributed by atoms with Crippen molar-refractivity contribution in [2.24, 2.45) is 0 Å². The van der Waals surface area contributed by atoms with E-state index in [0.717, 1.165) is 10.8 Å². The van der Waals surface area contributed by atoms with Gasteiger partial charge in [0.05, 0.1) is 0 Å². The fourth-order valence-electron chi connectivity index (χ4n) is 3.02. The van der Waals surface area contributed by atoms with Gasteiger partial charge in [-0.1, -0.05) is 53.6 Å². The van der Waals surface area contributed by atoms with E-state index in [1.165, 1.54) is 0 Å². The molecule has 0 fully saturated rings. The highest BCUT2D eigenvalue weighted by molar-refractivity contribution is 6.03. The zero-order valence-corrected chi connectivity index (χ0v) is 14.9. The minimum atomic E-state index is -0.380. The van der Waals surface area contributed by atoms with Crippen molar-refractivity contribution in [1.82, 2.24) is 15.2 Å². The lowest BCUT2D eigenvalue weighted by molar-refractivity contribution is 0.102. The van der Waals surface area contributed by atoms with E-state index in [2.05, 4.69) is 20.5 Å². The Hall–Kier alpha value is -4.33. The van der Waals surface area contributed by atoms with Crippen molar-refractivity contribution < 1.29 is 13.6 Å². The van der Waals surface area contributed by atoms with Crippen LogP contribution in [0.3, 0.4) is 0 Å². The molecule has 0 radical (unpaired) electrons. The van der Waals surface area contributed by atoms with Crippen molar-refractivity contribution in [3.8, 4) is 11.6 Å². The molecule has 0 aliphatic rings. The van der Waals surface area contributed by atoms with Gasteiger partial charge in [-0.15, -0.1) is 5.10 Å². The number of carbonyl (C=O) groups excluding carboxylic acids is 1. The summed E-state index contributed by atoms with van der Waals surface area (Å²) >= 11 is 0. The van der Waals surface area contributed by atoms with E-state index < -0.39 is 0 Å². The lowest BCUT2D eigenvalue weighted by atomic mass is 10.1. The maximum atomic E-state index is 12.2. The van der Waals surface area contributed by atoms with Gasteiger partial charge in [0.25, 0.3) is 11.8 Å². The molecule has 3 aromatic carbocycles. The molecule has 140 valence electrons. The third-order valence-electron chi connectivity index (χ3n) is 4.39. The number of benzene rings is 3. The number of rotatable bonds is 3. The summed E-state index contributed by atoms with van der Waals surface area (Å²) < 4.78 is 11.2. The van der Waals surface area contributed by atoms with Crippen LogP contribution in [0.15, 0.2) is 75.6 Å². The van der Waals surface area contributed by atoms with Crippen LogP contribution in [0.5, 0.6) is 0 Å². The molecule has 5 aromatic rings. The molecule has 0 aliphatic heterocycles. The molecule has 0 bridgehead atoms. The predicted octanol–water partition coefficient (Wildman–Crippen LogP) is 3.76. The fraction of sp³-hybridized carbons (Fsp3) is 0. The monoisotopic (exact) mass is 383 g/mol. The Bertz CT molecular complexity index is 1420. The number of anilines is 1. The molecule has 29 heavy (non-hydrogen) atoms. The molecule has 0 atom stereocenters. The lowest BCUT2D eigenvalue weighted by Gasteiger charge is -2.03. The van der Waals surface area contributed by atoms with Gasteiger partial charge >= 0.3 is 6.01 Å². The van der Waals surface area contributed by atoms with E-state index in [1.807, 2.05) is 36.4 Å². The second-order valence-electron chi connectivity index (χ2n) is 6.26.